The van der Waals surface area contributed by atoms with Crippen LogP contribution in [-0.4, -0.2) is 0 Å². The van der Waals surface area contributed by atoms with Crippen molar-refractivity contribution < 1.29 is 0 Å². The van der Waals surface area contributed by atoms with Crippen LogP contribution in [0.5, 0.6) is 0 Å². The summed E-state index contributed by atoms with van der Waals surface area (Å²) < 4.78 is 0. The number of benzene rings is 1. The van der Waals surface area contributed by atoms with Gasteiger partial charge in [0.05, 0.1) is 0 Å². The molecular formula is C14H18. The predicted octanol–water partition coefficient (Wildman–Crippen LogP) is 3.92. The zero-order chi connectivity index (χ0) is 10.2. The van der Waals surface area contributed by atoms with Gasteiger partial charge in [-0.05, 0) is 30.9 Å². The van der Waals surface area contributed by atoms with E-state index in [0.29, 0.717) is 0 Å². The quantitative estimate of drug-likeness (QED) is 0.625. The number of rotatable bonds is 4. The second-order valence-electron chi connectivity index (χ2n) is 3.28. The molecule has 74 valence electrons. The Balaban J connectivity index is 2.66. The Morgan fingerprint density at radius 1 is 1.07 bits per heavy atom. The van der Waals surface area contributed by atoms with Crippen molar-refractivity contribution in [3.8, 4) is 0 Å². The van der Waals surface area contributed by atoms with Crippen LogP contribution in [0.15, 0.2) is 48.6 Å². The third-order valence-electron chi connectivity index (χ3n) is 2.28. The summed E-state index contributed by atoms with van der Waals surface area (Å²) >= 11 is 0. The number of hydrogen-bond donors (Lipinski definition) is 0. The molecule has 0 atom stereocenters. The monoisotopic (exact) mass is 186 g/mol. The Morgan fingerprint density at radius 3 is 2.43 bits per heavy atom. The third-order valence-corrected chi connectivity index (χ3v) is 2.28. The van der Waals surface area contributed by atoms with Crippen LogP contribution in [-0.2, 0) is 12.8 Å². The van der Waals surface area contributed by atoms with Gasteiger partial charge in [-0.25, -0.2) is 0 Å². The van der Waals surface area contributed by atoms with Crippen LogP contribution in [0.3, 0.4) is 0 Å². The van der Waals surface area contributed by atoms with Crippen molar-refractivity contribution in [2.75, 3.05) is 0 Å². The molecule has 0 saturated heterocycles. The van der Waals surface area contributed by atoms with Gasteiger partial charge < -0.3 is 0 Å². The Kier molecular flexibility index (Phi) is 4.77. The topological polar surface area (TPSA) is 0 Å². The van der Waals surface area contributed by atoms with Crippen LogP contribution < -0.4 is 0 Å². The molecule has 0 saturated carbocycles. The van der Waals surface area contributed by atoms with Crippen molar-refractivity contribution in [3.05, 3.63) is 59.7 Å². The van der Waals surface area contributed by atoms with Gasteiger partial charge in [-0.1, -0.05) is 55.5 Å². The van der Waals surface area contributed by atoms with Crippen LogP contribution in [0.25, 0.3) is 0 Å². The molecule has 0 aliphatic carbocycles. The Labute approximate surface area is 87.0 Å². The van der Waals surface area contributed by atoms with E-state index in [1.807, 2.05) is 13.0 Å². The molecule has 0 heteroatoms. The Hall–Kier alpha value is -1.30. The van der Waals surface area contributed by atoms with Gasteiger partial charge in [-0.2, -0.15) is 0 Å². The van der Waals surface area contributed by atoms with Crippen molar-refractivity contribution in [2.24, 2.45) is 0 Å². The van der Waals surface area contributed by atoms with Crippen molar-refractivity contribution in [1.82, 2.24) is 0 Å². The number of aryl methyl sites for hydroxylation is 1. The summed E-state index contributed by atoms with van der Waals surface area (Å²) in [5.41, 5.74) is 2.90. The largest absolute Gasteiger partial charge is 0.0877 e. The highest BCUT2D eigenvalue weighted by Gasteiger charge is 1.95. The molecule has 0 heterocycles. The van der Waals surface area contributed by atoms with Crippen molar-refractivity contribution in [3.63, 3.8) is 0 Å². The zero-order valence-electron chi connectivity index (χ0n) is 9.03. The van der Waals surface area contributed by atoms with Crippen LogP contribution in [0.4, 0.5) is 0 Å². The molecule has 0 bridgehead atoms. The van der Waals surface area contributed by atoms with Gasteiger partial charge in [-0.3, -0.25) is 0 Å². The summed E-state index contributed by atoms with van der Waals surface area (Å²) in [6.07, 6.45) is 10.6. The minimum Gasteiger partial charge on any atom is -0.0877 e. The average molecular weight is 186 g/mol. The van der Waals surface area contributed by atoms with Crippen LogP contribution >= 0.6 is 0 Å². The lowest BCUT2D eigenvalue weighted by Crippen LogP contribution is -1.89. The van der Waals surface area contributed by atoms with E-state index in [1.165, 1.54) is 11.1 Å². The first-order valence-corrected chi connectivity index (χ1v) is 5.23. The molecule has 1 aromatic carbocycles. The molecule has 0 nitrogen and oxygen atoms in total. The standard InChI is InChI=1S/C14H18/c1-3-5-6-7-11-14-12-9-8-10-13(14)4-2/h3,5-10,12H,4,11H2,1-2H3/b5-3-,7-6-. The summed E-state index contributed by atoms with van der Waals surface area (Å²) in [5.74, 6) is 0. The maximum absolute atomic E-state index is 2.21. The molecule has 0 aliphatic rings. The van der Waals surface area contributed by atoms with Crippen molar-refractivity contribution >= 4 is 0 Å². The highest BCUT2D eigenvalue weighted by atomic mass is 14.0. The van der Waals surface area contributed by atoms with Crippen LogP contribution in [0.1, 0.15) is 25.0 Å². The van der Waals surface area contributed by atoms with Crippen molar-refractivity contribution in [1.29, 1.82) is 0 Å². The fraction of sp³-hybridized carbons (Fsp3) is 0.286. The van der Waals surface area contributed by atoms with Gasteiger partial charge >= 0.3 is 0 Å². The van der Waals surface area contributed by atoms with E-state index < -0.39 is 0 Å². The SMILES string of the molecule is C/C=C\C=C/Cc1ccccc1CC. The van der Waals surface area contributed by atoms with Gasteiger partial charge in [0, 0.05) is 0 Å². The van der Waals surface area contributed by atoms with Gasteiger partial charge in [0.15, 0.2) is 0 Å². The molecule has 0 aliphatic heterocycles. The van der Waals surface area contributed by atoms with Gasteiger partial charge in [0.25, 0.3) is 0 Å². The third kappa shape index (κ3) is 3.21. The lowest BCUT2D eigenvalue weighted by atomic mass is 10.0. The van der Waals surface area contributed by atoms with E-state index in [2.05, 4.69) is 49.4 Å². The molecule has 1 rings (SSSR count). The van der Waals surface area contributed by atoms with Crippen molar-refractivity contribution in [2.45, 2.75) is 26.7 Å². The van der Waals surface area contributed by atoms with E-state index in [0.717, 1.165) is 12.8 Å². The molecule has 14 heavy (non-hydrogen) atoms. The summed E-state index contributed by atoms with van der Waals surface area (Å²) in [4.78, 5) is 0. The molecule has 0 spiro atoms. The second kappa shape index (κ2) is 6.20. The molecule has 1 aromatic rings. The summed E-state index contributed by atoms with van der Waals surface area (Å²) in [5, 5.41) is 0. The van der Waals surface area contributed by atoms with E-state index in [1.54, 1.807) is 0 Å². The minimum atomic E-state index is 1.04. The number of hydrogen-bond acceptors (Lipinski definition) is 0. The Bertz CT molecular complexity index is 319. The second-order valence-corrected chi connectivity index (χ2v) is 3.28. The first-order valence-electron chi connectivity index (χ1n) is 5.23. The van der Waals surface area contributed by atoms with Crippen LogP contribution in [0, 0.1) is 0 Å². The van der Waals surface area contributed by atoms with E-state index in [9.17, 15) is 0 Å². The summed E-state index contributed by atoms with van der Waals surface area (Å²) in [6.45, 7) is 4.23. The maximum atomic E-state index is 2.21. The van der Waals surface area contributed by atoms with Gasteiger partial charge in [0.2, 0.25) is 0 Å². The van der Waals surface area contributed by atoms with E-state index in [-0.39, 0.29) is 0 Å². The highest BCUT2D eigenvalue weighted by molar-refractivity contribution is 5.29. The fourth-order valence-electron chi connectivity index (χ4n) is 1.49. The molecule has 0 aromatic heterocycles. The summed E-state index contributed by atoms with van der Waals surface area (Å²) in [7, 11) is 0. The summed E-state index contributed by atoms with van der Waals surface area (Å²) in [6, 6.07) is 8.63. The maximum Gasteiger partial charge on any atom is -0.00916 e. The molecule has 0 amide bonds. The molecule has 0 N–H and O–H groups in total. The van der Waals surface area contributed by atoms with Gasteiger partial charge in [-0.15, -0.1) is 0 Å². The smallest absolute Gasteiger partial charge is 0.00916 e. The number of allylic oxidation sites excluding steroid dienone is 4. The first-order chi connectivity index (χ1) is 6.88. The Morgan fingerprint density at radius 2 is 1.79 bits per heavy atom. The highest BCUT2D eigenvalue weighted by Crippen LogP contribution is 2.10. The predicted molar refractivity (Wildman–Crippen MR) is 63.5 cm³/mol. The fourth-order valence-corrected chi connectivity index (χ4v) is 1.49. The lowest BCUT2D eigenvalue weighted by Gasteiger charge is -2.03. The molecule has 0 unspecified atom stereocenters. The van der Waals surface area contributed by atoms with Gasteiger partial charge in [0.1, 0.15) is 0 Å². The van der Waals surface area contributed by atoms with E-state index in [4.69, 9.17) is 0 Å². The molecule has 0 radical (unpaired) electrons. The lowest BCUT2D eigenvalue weighted by molar-refractivity contribution is 1.08. The first kappa shape index (κ1) is 10.8. The minimum absolute atomic E-state index is 1.04. The normalized spacial score (nSPS) is 11.6. The average Bonchev–Trinajstić information content (AvgIpc) is 2.25. The zero-order valence-corrected chi connectivity index (χ0v) is 9.03. The van der Waals surface area contributed by atoms with E-state index >= 15 is 0 Å². The molecule has 0 fully saturated rings. The molecular weight excluding hydrogens is 168 g/mol. The van der Waals surface area contributed by atoms with Crippen LogP contribution in [0.2, 0.25) is 0 Å².